The molecule has 1 saturated heterocycles. The maximum absolute atomic E-state index is 9.89. The summed E-state index contributed by atoms with van der Waals surface area (Å²) in [5.41, 5.74) is 5.26. The first-order valence-electron chi connectivity index (χ1n) is 3.82. The molecule has 1 rings (SSSR count). The lowest BCUT2D eigenvalue weighted by atomic mass is 9.98. The first kappa shape index (κ1) is 10.5. The molecule has 5 atom stereocenters. The lowest BCUT2D eigenvalue weighted by Crippen LogP contribution is -2.61. The second-order valence-electron chi connectivity index (χ2n) is 2.92. The summed E-state index contributed by atoms with van der Waals surface area (Å²) in [6.45, 7) is -0.307. The van der Waals surface area contributed by atoms with Crippen molar-refractivity contribution in [2.24, 2.45) is 10.9 Å². The largest absolute Gasteiger partial charge is 0.388 e. The summed E-state index contributed by atoms with van der Waals surface area (Å²) in [4.78, 5) is 9.89. The summed E-state index contributed by atoms with van der Waals surface area (Å²) in [5.74, 6) is 0. The summed E-state index contributed by atoms with van der Waals surface area (Å²) in [6.07, 6.45) is -6.16. The maximum atomic E-state index is 9.89. The van der Waals surface area contributed by atoms with Crippen LogP contribution in [0.3, 0.4) is 0 Å². The van der Waals surface area contributed by atoms with Crippen LogP contribution in [0.25, 0.3) is 0 Å². The van der Waals surface area contributed by atoms with Gasteiger partial charge in [0.25, 0.3) is 0 Å². The van der Waals surface area contributed by atoms with Gasteiger partial charge in [0.1, 0.15) is 37.2 Å². The number of ether oxygens (including phenoxy) is 1. The number of hydrogen-bond acceptors (Lipinski definition) is 7. The molecule has 7 nitrogen and oxygen atoms in total. The van der Waals surface area contributed by atoms with Gasteiger partial charge in [0.15, 0.2) is 0 Å². The summed E-state index contributed by atoms with van der Waals surface area (Å²) < 4.78 is 4.85. The predicted molar refractivity (Wildman–Crippen MR) is 41.5 cm³/mol. The van der Waals surface area contributed by atoms with E-state index < -0.39 is 30.6 Å². The van der Waals surface area contributed by atoms with Gasteiger partial charge in [-0.2, -0.15) is 4.91 Å². The van der Waals surface area contributed by atoms with E-state index in [4.69, 9.17) is 15.6 Å². The lowest BCUT2D eigenvalue weighted by molar-refractivity contribution is -0.217. The topological polar surface area (TPSA) is 125 Å². The van der Waals surface area contributed by atoms with Crippen molar-refractivity contribution in [1.82, 2.24) is 0 Å². The molecule has 7 heteroatoms. The molecule has 0 aromatic heterocycles. The third-order valence-electron chi connectivity index (χ3n) is 2.00. The van der Waals surface area contributed by atoms with Crippen molar-refractivity contribution in [2.45, 2.75) is 30.6 Å². The molecule has 0 spiro atoms. The van der Waals surface area contributed by atoms with Crippen LogP contribution in [0.5, 0.6) is 0 Å². The van der Waals surface area contributed by atoms with E-state index in [1.165, 1.54) is 0 Å². The molecule has 0 aromatic rings. The van der Waals surface area contributed by atoms with Crippen LogP contribution >= 0.6 is 0 Å². The Hall–Kier alpha value is -0.600. The van der Waals surface area contributed by atoms with E-state index in [0.717, 1.165) is 0 Å². The smallest absolute Gasteiger partial charge is 0.135 e. The van der Waals surface area contributed by atoms with E-state index in [2.05, 4.69) is 5.18 Å². The molecule has 0 amide bonds. The second kappa shape index (κ2) is 4.07. The van der Waals surface area contributed by atoms with E-state index in [9.17, 15) is 15.1 Å². The number of nitrogens with zero attached hydrogens (tertiary/aromatic N) is 1. The maximum Gasteiger partial charge on any atom is 0.135 e. The molecular formula is C6H12N2O5. The lowest BCUT2D eigenvalue weighted by Gasteiger charge is -2.37. The summed E-state index contributed by atoms with van der Waals surface area (Å²) >= 11 is 0. The number of aliphatic hydroxyl groups excluding tert-OH is 3. The second-order valence-corrected chi connectivity index (χ2v) is 2.92. The van der Waals surface area contributed by atoms with Crippen molar-refractivity contribution < 1.29 is 20.1 Å². The van der Waals surface area contributed by atoms with E-state index in [1.807, 2.05) is 0 Å². The predicted octanol–water partition coefficient (Wildman–Crippen LogP) is -2.48. The Labute approximate surface area is 74.1 Å². The van der Waals surface area contributed by atoms with E-state index in [0.29, 0.717) is 0 Å². The van der Waals surface area contributed by atoms with Crippen LogP contribution < -0.4 is 5.73 Å². The normalized spacial score (nSPS) is 46.0. The number of rotatable bonds is 2. The quantitative estimate of drug-likeness (QED) is 0.359. The minimum atomic E-state index is -1.41. The van der Waals surface area contributed by atoms with Gasteiger partial charge in [0.05, 0.1) is 0 Å². The number of aliphatic hydroxyl groups is 3. The van der Waals surface area contributed by atoms with E-state index in [1.54, 1.807) is 0 Å². The summed E-state index contributed by atoms with van der Waals surface area (Å²) in [5, 5.41) is 30.1. The molecule has 0 radical (unpaired) electrons. The van der Waals surface area contributed by atoms with Crippen molar-refractivity contribution in [3.05, 3.63) is 4.91 Å². The molecule has 5 unspecified atom stereocenters. The van der Waals surface area contributed by atoms with Gasteiger partial charge in [-0.25, -0.2) is 0 Å². The average Bonchev–Trinajstić information content (AvgIpc) is 2.11. The van der Waals surface area contributed by atoms with Gasteiger partial charge < -0.3 is 25.8 Å². The van der Waals surface area contributed by atoms with Crippen molar-refractivity contribution in [3.63, 3.8) is 0 Å². The highest BCUT2D eigenvalue weighted by Gasteiger charge is 2.42. The van der Waals surface area contributed by atoms with Crippen LogP contribution in [-0.2, 0) is 4.74 Å². The highest BCUT2D eigenvalue weighted by Crippen LogP contribution is 2.18. The minimum Gasteiger partial charge on any atom is -0.388 e. The minimum absolute atomic E-state index is 0.307. The average molecular weight is 192 g/mol. The Kier molecular flexibility index (Phi) is 3.28. The zero-order valence-corrected chi connectivity index (χ0v) is 6.78. The van der Waals surface area contributed by atoms with Crippen LogP contribution in [0, 0.1) is 4.91 Å². The van der Waals surface area contributed by atoms with Gasteiger partial charge in [0, 0.05) is 0 Å². The molecule has 1 heterocycles. The molecule has 0 bridgehead atoms. The SMILES string of the molecule is NC1OC(CN=O)C(O)C(O)C1O. The molecular weight excluding hydrogens is 180 g/mol. The monoisotopic (exact) mass is 192 g/mol. The fourth-order valence-electron chi connectivity index (χ4n) is 1.20. The fourth-order valence-corrected chi connectivity index (χ4v) is 1.20. The first-order valence-corrected chi connectivity index (χ1v) is 3.82. The van der Waals surface area contributed by atoms with Gasteiger partial charge in [-0.05, 0) is 0 Å². The molecule has 76 valence electrons. The first-order chi connectivity index (χ1) is 6.07. The highest BCUT2D eigenvalue weighted by molar-refractivity contribution is 4.90. The molecule has 1 fully saturated rings. The fraction of sp³-hybridized carbons (Fsp3) is 1.00. The van der Waals surface area contributed by atoms with Crippen LogP contribution in [0.1, 0.15) is 0 Å². The Balaban J connectivity index is 2.64. The van der Waals surface area contributed by atoms with Crippen molar-refractivity contribution >= 4 is 0 Å². The summed E-state index contributed by atoms with van der Waals surface area (Å²) in [7, 11) is 0. The van der Waals surface area contributed by atoms with Crippen LogP contribution in [-0.4, -0.2) is 52.5 Å². The van der Waals surface area contributed by atoms with Crippen LogP contribution in [0.4, 0.5) is 0 Å². The van der Waals surface area contributed by atoms with E-state index >= 15 is 0 Å². The van der Waals surface area contributed by atoms with Gasteiger partial charge in [-0.15, -0.1) is 0 Å². The Morgan fingerprint density at radius 1 is 1.23 bits per heavy atom. The number of nitroso groups, excluding NO2 is 1. The zero-order valence-electron chi connectivity index (χ0n) is 6.78. The molecule has 0 aromatic carbocycles. The van der Waals surface area contributed by atoms with Crippen molar-refractivity contribution in [3.8, 4) is 0 Å². The molecule has 13 heavy (non-hydrogen) atoms. The van der Waals surface area contributed by atoms with Gasteiger partial charge >= 0.3 is 0 Å². The Bertz CT molecular complexity index is 190. The van der Waals surface area contributed by atoms with Crippen molar-refractivity contribution in [1.29, 1.82) is 0 Å². The standard InChI is InChI=1S/C6H12N2O5/c7-6-5(11)4(10)3(9)2(13-6)1-8-12/h2-6,9-11H,1,7H2. The third kappa shape index (κ3) is 2.01. The van der Waals surface area contributed by atoms with E-state index in [-0.39, 0.29) is 6.54 Å². The molecule has 5 N–H and O–H groups in total. The zero-order chi connectivity index (χ0) is 10.0. The van der Waals surface area contributed by atoms with Crippen LogP contribution in [0.15, 0.2) is 5.18 Å². The highest BCUT2D eigenvalue weighted by atomic mass is 16.5. The Morgan fingerprint density at radius 3 is 2.38 bits per heavy atom. The number of hydrogen-bond donors (Lipinski definition) is 4. The molecule has 1 aliphatic heterocycles. The third-order valence-corrected chi connectivity index (χ3v) is 2.00. The molecule has 0 saturated carbocycles. The van der Waals surface area contributed by atoms with Gasteiger partial charge in [-0.1, -0.05) is 5.18 Å². The summed E-state index contributed by atoms with van der Waals surface area (Å²) in [6, 6.07) is 0. The Morgan fingerprint density at radius 2 is 1.85 bits per heavy atom. The molecule has 0 aliphatic carbocycles. The van der Waals surface area contributed by atoms with Gasteiger partial charge in [0.2, 0.25) is 0 Å². The molecule has 1 aliphatic rings. The van der Waals surface area contributed by atoms with Crippen LogP contribution in [0.2, 0.25) is 0 Å². The van der Waals surface area contributed by atoms with Gasteiger partial charge in [-0.3, -0.25) is 0 Å². The van der Waals surface area contributed by atoms with Crippen molar-refractivity contribution in [2.75, 3.05) is 6.54 Å². The number of nitrogens with two attached hydrogens (primary N) is 1.